The number of carbonyl (C=O) groups excluding carboxylic acids is 3. The van der Waals surface area contributed by atoms with Gasteiger partial charge in [0.25, 0.3) is 5.91 Å². The predicted molar refractivity (Wildman–Crippen MR) is 107 cm³/mol. The Kier molecular flexibility index (Phi) is 6.28. The number of carbonyl (C=O) groups is 3. The molecule has 0 spiro atoms. The summed E-state index contributed by atoms with van der Waals surface area (Å²) in [5, 5.41) is 4.09. The molecule has 0 unspecified atom stereocenters. The Morgan fingerprint density at radius 2 is 1.73 bits per heavy atom. The lowest BCUT2D eigenvalue weighted by atomic mass is 10.4. The van der Waals surface area contributed by atoms with Gasteiger partial charge < -0.3 is 9.73 Å². The van der Waals surface area contributed by atoms with E-state index >= 15 is 0 Å². The Labute approximate surface area is 175 Å². The molecule has 2 heterocycles. The quantitative estimate of drug-likeness (QED) is 0.487. The van der Waals surface area contributed by atoms with Crippen molar-refractivity contribution < 1.29 is 27.2 Å². The Bertz CT molecular complexity index is 1180. The third kappa shape index (κ3) is 5.30. The molecule has 0 aliphatic carbocycles. The number of benzene rings is 1. The summed E-state index contributed by atoms with van der Waals surface area (Å²) in [4.78, 5) is 39.2. The summed E-state index contributed by atoms with van der Waals surface area (Å²) in [5.41, 5.74) is 4.31. The second-order valence-electron chi connectivity index (χ2n) is 5.97. The van der Waals surface area contributed by atoms with Crippen LogP contribution < -0.4 is 16.2 Å². The highest BCUT2D eigenvalue weighted by Gasteiger charge is 2.20. The maximum absolute atomic E-state index is 12.4. The van der Waals surface area contributed by atoms with Crippen LogP contribution >= 0.6 is 11.3 Å². The summed E-state index contributed by atoms with van der Waals surface area (Å²) in [6.45, 7) is 1.31. The number of hydrazine groups is 1. The Morgan fingerprint density at radius 3 is 2.43 bits per heavy atom. The fourth-order valence-corrected chi connectivity index (χ4v) is 4.31. The molecule has 1 aromatic carbocycles. The number of furan rings is 1. The van der Waals surface area contributed by atoms with E-state index < -0.39 is 27.4 Å². The van der Waals surface area contributed by atoms with E-state index in [2.05, 4.69) is 21.2 Å². The SMILES string of the molecule is CC(=O)Nc1nc(C(=O)NNC(=O)c2ccc(CS(=O)(=O)c3ccccc3)o2)cs1. The Hall–Kier alpha value is -3.51. The molecule has 3 rings (SSSR count). The molecule has 0 atom stereocenters. The van der Waals surface area contributed by atoms with Gasteiger partial charge in [-0.15, -0.1) is 11.3 Å². The number of aromatic nitrogens is 1. The van der Waals surface area contributed by atoms with E-state index in [1.54, 1.807) is 18.2 Å². The van der Waals surface area contributed by atoms with E-state index in [4.69, 9.17) is 4.42 Å². The van der Waals surface area contributed by atoms with E-state index in [1.807, 2.05) is 0 Å². The zero-order chi connectivity index (χ0) is 21.7. The van der Waals surface area contributed by atoms with Crippen LogP contribution in [0.3, 0.4) is 0 Å². The van der Waals surface area contributed by atoms with Crippen molar-refractivity contribution in [2.75, 3.05) is 5.32 Å². The molecule has 0 aliphatic heterocycles. The van der Waals surface area contributed by atoms with Gasteiger partial charge in [0, 0.05) is 12.3 Å². The number of rotatable bonds is 6. The van der Waals surface area contributed by atoms with E-state index in [1.165, 1.54) is 36.6 Å². The summed E-state index contributed by atoms with van der Waals surface area (Å²) in [6.07, 6.45) is 0. The van der Waals surface area contributed by atoms with Crippen LogP contribution in [-0.4, -0.2) is 31.1 Å². The highest BCUT2D eigenvalue weighted by atomic mass is 32.2. The standard InChI is InChI=1S/C18H16N4O6S2/c1-11(23)19-18-20-14(9-29-18)16(24)21-22-17(25)15-8-7-12(28-15)10-30(26,27)13-5-3-2-4-6-13/h2-9H,10H2,1H3,(H,21,24)(H,22,25)(H,19,20,23). The van der Waals surface area contributed by atoms with Crippen molar-refractivity contribution in [3.63, 3.8) is 0 Å². The van der Waals surface area contributed by atoms with Crippen molar-refractivity contribution in [1.29, 1.82) is 0 Å². The topological polar surface area (TPSA) is 147 Å². The van der Waals surface area contributed by atoms with Gasteiger partial charge in [-0.2, -0.15) is 0 Å². The number of thiazole rings is 1. The molecule has 0 fully saturated rings. The van der Waals surface area contributed by atoms with E-state index in [9.17, 15) is 22.8 Å². The number of nitrogens with zero attached hydrogens (tertiary/aromatic N) is 1. The van der Waals surface area contributed by atoms with Crippen molar-refractivity contribution in [2.24, 2.45) is 0 Å². The second-order valence-corrected chi connectivity index (χ2v) is 8.81. The smallest absolute Gasteiger partial charge is 0.305 e. The summed E-state index contributed by atoms with van der Waals surface area (Å²) >= 11 is 1.05. The summed E-state index contributed by atoms with van der Waals surface area (Å²) in [6, 6.07) is 10.5. The number of sulfone groups is 1. The van der Waals surface area contributed by atoms with E-state index in [0.29, 0.717) is 0 Å². The molecule has 0 aliphatic rings. The van der Waals surface area contributed by atoms with Crippen LogP contribution in [0.2, 0.25) is 0 Å². The molecule has 2 aromatic heterocycles. The molecular weight excluding hydrogens is 432 g/mol. The number of hydrogen-bond donors (Lipinski definition) is 3. The molecule has 156 valence electrons. The average molecular weight is 448 g/mol. The Balaban J connectivity index is 1.58. The first-order valence-electron chi connectivity index (χ1n) is 8.45. The molecule has 3 aromatic rings. The van der Waals surface area contributed by atoms with Gasteiger partial charge in [0.1, 0.15) is 17.2 Å². The highest BCUT2D eigenvalue weighted by Crippen LogP contribution is 2.18. The minimum absolute atomic E-state index is 0.00172. The minimum Gasteiger partial charge on any atom is -0.455 e. The molecule has 0 saturated heterocycles. The maximum atomic E-state index is 12.4. The molecule has 3 N–H and O–H groups in total. The van der Waals surface area contributed by atoms with Crippen LogP contribution in [0.25, 0.3) is 0 Å². The highest BCUT2D eigenvalue weighted by molar-refractivity contribution is 7.90. The van der Waals surface area contributed by atoms with Gasteiger partial charge in [-0.05, 0) is 24.3 Å². The number of hydrogen-bond acceptors (Lipinski definition) is 8. The first-order valence-corrected chi connectivity index (χ1v) is 11.0. The number of anilines is 1. The van der Waals surface area contributed by atoms with Gasteiger partial charge >= 0.3 is 5.91 Å². The van der Waals surface area contributed by atoms with Crippen LogP contribution in [0.4, 0.5) is 5.13 Å². The van der Waals surface area contributed by atoms with Crippen molar-refractivity contribution in [3.05, 3.63) is 65.1 Å². The van der Waals surface area contributed by atoms with Crippen LogP contribution in [0.1, 0.15) is 33.7 Å². The summed E-state index contributed by atoms with van der Waals surface area (Å²) in [5.74, 6) is -2.31. The molecular formula is C18H16N4O6S2. The predicted octanol–water partition coefficient (Wildman–Crippen LogP) is 1.74. The van der Waals surface area contributed by atoms with Crippen molar-refractivity contribution in [3.8, 4) is 0 Å². The van der Waals surface area contributed by atoms with Gasteiger partial charge in [-0.3, -0.25) is 25.2 Å². The molecule has 0 saturated carbocycles. The van der Waals surface area contributed by atoms with Crippen molar-refractivity contribution in [2.45, 2.75) is 17.6 Å². The second kappa shape index (κ2) is 8.88. The third-order valence-electron chi connectivity index (χ3n) is 3.63. The molecule has 0 bridgehead atoms. The average Bonchev–Trinajstić information content (AvgIpc) is 3.35. The van der Waals surface area contributed by atoms with Gasteiger partial charge in [-0.25, -0.2) is 13.4 Å². The van der Waals surface area contributed by atoms with Crippen LogP contribution in [-0.2, 0) is 20.4 Å². The van der Waals surface area contributed by atoms with Crippen molar-refractivity contribution in [1.82, 2.24) is 15.8 Å². The minimum atomic E-state index is -3.63. The lowest BCUT2D eigenvalue weighted by molar-refractivity contribution is -0.114. The van der Waals surface area contributed by atoms with Crippen LogP contribution in [0.15, 0.2) is 57.2 Å². The lowest BCUT2D eigenvalue weighted by Gasteiger charge is -2.04. The van der Waals surface area contributed by atoms with Gasteiger partial charge in [0.2, 0.25) is 5.91 Å². The Morgan fingerprint density at radius 1 is 1.03 bits per heavy atom. The first-order chi connectivity index (χ1) is 14.2. The van der Waals surface area contributed by atoms with Gasteiger partial charge in [-0.1, -0.05) is 18.2 Å². The van der Waals surface area contributed by atoms with E-state index in [-0.39, 0.29) is 33.1 Å². The molecule has 10 nitrogen and oxygen atoms in total. The molecule has 0 radical (unpaired) electrons. The van der Waals surface area contributed by atoms with Crippen LogP contribution in [0.5, 0.6) is 0 Å². The normalized spacial score (nSPS) is 11.0. The van der Waals surface area contributed by atoms with Gasteiger partial charge in [0.05, 0.1) is 4.90 Å². The third-order valence-corrected chi connectivity index (χ3v) is 6.04. The monoisotopic (exact) mass is 448 g/mol. The molecule has 30 heavy (non-hydrogen) atoms. The largest absolute Gasteiger partial charge is 0.455 e. The fraction of sp³-hybridized carbons (Fsp3) is 0.111. The van der Waals surface area contributed by atoms with E-state index in [0.717, 1.165) is 11.3 Å². The van der Waals surface area contributed by atoms with Gasteiger partial charge in [0.15, 0.2) is 20.7 Å². The zero-order valence-corrected chi connectivity index (χ0v) is 17.2. The maximum Gasteiger partial charge on any atom is 0.305 e. The zero-order valence-electron chi connectivity index (χ0n) is 15.5. The number of nitrogens with one attached hydrogen (secondary N) is 3. The molecule has 12 heteroatoms. The molecule has 3 amide bonds. The lowest BCUT2D eigenvalue weighted by Crippen LogP contribution is -2.41. The first kappa shape index (κ1) is 21.2. The van der Waals surface area contributed by atoms with Crippen LogP contribution in [0, 0.1) is 0 Å². The van der Waals surface area contributed by atoms with Crippen molar-refractivity contribution >= 4 is 44.0 Å². The number of amides is 3. The fourth-order valence-electron chi connectivity index (χ4n) is 2.30. The summed E-state index contributed by atoms with van der Waals surface area (Å²) in [7, 11) is -3.63. The summed E-state index contributed by atoms with van der Waals surface area (Å²) < 4.78 is 30.0.